The normalized spacial score (nSPS) is 10.2. The lowest BCUT2D eigenvalue weighted by Gasteiger charge is -2.11. The number of nitrogens with zero attached hydrogens (tertiary/aromatic N) is 2. The molecular weight excluding hydrogens is 406 g/mol. The van der Waals surface area contributed by atoms with Gasteiger partial charge in [0.25, 0.3) is 0 Å². The van der Waals surface area contributed by atoms with Gasteiger partial charge in [0.1, 0.15) is 23.1 Å². The highest BCUT2D eigenvalue weighted by Gasteiger charge is 2.05. The zero-order valence-corrected chi connectivity index (χ0v) is 17.5. The van der Waals surface area contributed by atoms with Gasteiger partial charge in [0.05, 0.1) is 7.11 Å². The van der Waals surface area contributed by atoms with Crippen LogP contribution >= 0.6 is 17.0 Å². The average Bonchev–Trinajstić information content (AvgIpc) is 2.53. The van der Waals surface area contributed by atoms with Crippen molar-refractivity contribution in [1.29, 1.82) is 0 Å². The molecule has 0 aromatic heterocycles. The molecule has 2 rings (SSSR count). The fourth-order valence-corrected chi connectivity index (χ4v) is 2.16. The summed E-state index contributed by atoms with van der Waals surface area (Å²) in [6.07, 6.45) is 0. The van der Waals surface area contributed by atoms with Crippen LogP contribution in [0.5, 0.6) is 11.5 Å². The standard InChI is InChI=1S/C10H14FNO.C9H12FNO.BrH/c1-12(2)7-8-6-9(13-3)4-5-10(8)11;1-11(2)6-7-5-8(12)3-4-9(7)10;/h4-6H,7H2,1-3H3;3-5,12H,6H2,1-2H3;1H. The molecule has 0 bridgehead atoms. The van der Waals surface area contributed by atoms with E-state index in [1.807, 2.05) is 38.0 Å². The summed E-state index contributed by atoms with van der Waals surface area (Å²) < 4.78 is 31.2. The molecule has 2 aromatic rings. The quantitative estimate of drug-likeness (QED) is 0.772. The van der Waals surface area contributed by atoms with Crippen molar-refractivity contribution < 1.29 is 18.6 Å². The number of aromatic hydroxyl groups is 1. The van der Waals surface area contributed by atoms with E-state index < -0.39 is 0 Å². The highest BCUT2D eigenvalue weighted by atomic mass is 79.9. The monoisotopic (exact) mass is 432 g/mol. The van der Waals surface area contributed by atoms with Gasteiger partial charge >= 0.3 is 0 Å². The number of halogens is 3. The Morgan fingerprint density at radius 2 is 1.31 bits per heavy atom. The van der Waals surface area contributed by atoms with Gasteiger partial charge in [-0.15, -0.1) is 17.0 Å². The van der Waals surface area contributed by atoms with Crippen LogP contribution in [0.3, 0.4) is 0 Å². The summed E-state index contributed by atoms with van der Waals surface area (Å²) in [5.74, 6) is 0.336. The highest BCUT2D eigenvalue weighted by molar-refractivity contribution is 8.93. The first-order valence-electron chi connectivity index (χ1n) is 7.82. The average molecular weight is 433 g/mol. The van der Waals surface area contributed by atoms with E-state index in [9.17, 15) is 8.78 Å². The molecule has 0 spiro atoms. The van der Waals surface area contributed by atoms with Crippen molar-refractivity contribution in [2.45, 2.75) is 13.1 Å². The zero-order chi connectivity index (χ0) is 19.0. The van der Waals surface area contributed by atoms with Crippen molar-refractivity contribution in [3.05, 3.63) is 59.2 Å². The van der Waals surface area contributed by atoms with Crippen LogP contribution in [0.1, 0.15) is 11.1 Å². The molecular formula is C19H27BrF2N2O2. The molecule has 2 aromatic carbocycles. The Morgan fingerprint density at radius 1 is 0.846 bits per heavy atom. The molecule has 0 aliphatic carbocycles. The first-order chi connectivity index (χ1) is 11.7. The molecule has 0 aliphatic heterocycles. The number of phenolic OH excluding ortho intramolecular Hbond substituents is 1. The summed E-state index contributed by atoms with van der Waals surface area (Å²) in [5.41, 5.74) is 1.17. The first-order valence-corrected chi connectivity index (χ1v) is 7.82. The second kappa shape index (κ2) is 11.8. The topological polar surface area (TPSA) is 35.9 Å². The van der Waals surface area contributed by atoms with Crippen LogP contribution in [-0.4, -0.2) is 50.2 Å². The minimum absolute atomic E-state index is 0. The Morgan fingerprint density at radius 3 is 1.77 bits per heavy atom. The minimum atomic E-state index is -0.276. The lowest BCUT2D eigenvalue weighted by molar-refractivity contribution is 0.385. The molecule has 0 aliphatic rings. The number of ether oxygens (including phenoxy) is 1. The SMILES string of the molecule is Br.CN(C)Cc1cc(O)ccc1F.COc1ccc(F)c(CN(C)C)c1. The minimum Gasteiger partial charge on any atom is -0.508 e. The first kappa shape index (κ1) is 24.3. The van der Waals surface area contributed by atoms with Gasteiger partial charge in [-0.1, -0.05) is 0 Å². The summed E-state index contributed by atoms with van der Waals surface area (Å²) in [6.45, 7) is 1.09. The second-order valence-electron chi connectivity index (χ2n) is 6.21. The van der Waals surface area contributed by atoms with E-state index in [2.05, 4.69) is 0 Å². The van der Waals surface area contributed by atoms with Crippen molar-refractivity contribution in [3.63, 3.8) is 0 Å². The van der Waals surface area contributed by atoms with Crippen LogP contribution in [0.15, 0.2) is 36.4 Å². The summed E-state index contributed by atoms with van der Waals surface area (Å²) in [7, 11) is 9.08. The number of rotatable bonds is 5. The number of hydrogen-bond donors (Lipinski definition) is 1. The van der Waals surface area contributed by atoms with Gasteiger partial charge < -0.3 is 19.6 Å². The van der Waals surface area contributed by atoms with Gasteiger partial charge in [0, 0.05) is 24.2 Å². The summed E-state index contributed by atoms with van der Waals surface area (Å²) >= 11 is 0. The van der Waals surface area contributed by atoms with Gasteiger partial charge in [0.2, 0.25) is 0 Å². The summed E-state index contributed by atoms with van der Waals surface area (Å²) in [6, 6.07) is 8.82. The van der Waals surface area contributed by atoms with Crippen molar-refractivity contribution in [3.8, 4) is 11.5 Å². The fourth-order valence-electron chi connectivity index (χ4n) is 2.16. The highest BCUT2D eigenvalue weighted by Crippen LogP contribution is 2.17. The van der Waals surface area contributed by atoms with E-state index in [4.69, 9.17) is 9.84 Å². The number of hydrogen-bond acceptors (Lipinski definition) is 4. The van der Waals surface area contributed by atoms with Crippen LogP contribution in [0.2, 0.25) is 0 Å². The van der Waals surface area contributed by atoms with Crippen LogP contribution in [0, 0.1) is 11.6 Å². The van der Waals surface area contributed by atoms with Crippen LogP contribution in [0.25, 0.3) is 0 Å². The predicted octanol–water partition coefficient (Wildman–Crippen LogP) is 4.07. The molecule has 4 nitrogen and oxygen atoms in total. The third kappa shape index (κ3) is 8.60. The second-order valence-corrected chi connectivity index (χ2v) is 6.21. The van der Waals surface area contributed by atoms with E-state index in [1.165, 1.54) is 24.3 Å². The molecule has 0 atom stereocenters. The Kier molecular flexibility index (Phi) is 11.1. The molecule has 0 saturated heterocycles. The van der Waals surface area contributed by atoms with Gasteiger partial charge in [-0.25, -0.2) is 8.78 Å². The van der Waals surface area contributed by atoms with E-state index >= 15 is 0 Å². The summed E-state index contributed by atoms with van der Waals surface area (Å²) in [4.78, 5) is 3.76. The van der Waals surface area contributed by atoms with E-state index in [1.54, 1.807) is 19.2 Å². The number of methoxy groups -OCH3 is 1. The molecule has 7 heteroatoms. The Hall–Kier alpha value is -1.70. The largest absolute Gasteiger partial charge is 0.508 e. The lowest BCUT2D eigenvalue weighted by atomic mass is 10.2. The van der Waals surface area contributed by atoms with Gasteiger partial charge in [0.15, 0.2) is 0 Å². The van der Waals surface area contributed by atoms with Crippen molar-refractivity contribution >= 4 is 17.0 Å². The fraction of sp³-hybridized carbons (Fsp3) is 0.368. The Balaban J connectivity index is 0.000000464. The Labute approximate surface area is 164 Å². The van der Waals surface area contributed by atoms with Crippen molar-refractivity contribution in [2.24, 2.45) is 0 Å². The molecule has 0 amide bonds. The number of phenols is 1. The van der Waals surface area contributed by atoms with Gasteiger partial charge in [-0.3, -0.25) is 0 Å². The molecule has 26 heavy (non-hydrogen) atoms. The summed E-state index contributed by atoms with van der Waals surface area (Å²) in [5, 5.41) is 9.07. The number of benzene rings is 2. The van der Waals surface area contributed by atoms with E-state index in [0.29, 0.717) is 30.0 Å². The van der Waals surface area contributed by atoms with Crippen LogP contribution < -0.4 is 4.74 Å². The van der Waals surface area contributed by atoms with Gasteiger partial charge in [-0.2, -0.15) is 0 Å². The smallest absolute Gasteiger partial charge is 0.127 e. The third-order valence-corrected chi connectivity index (χ3v) is 3.26. The van der Waals surface area contributed by atoms with Crippen LogP contribution in [-0.2, 0) is 13.1 Å². The Bertz CT molecular complexity index is 683. The maximum absolute atomic E-state index is 13.2. The molecule has 0 fully saturated rings. The molecule has 0 heterocycles. The molecule has 0 radical (unpaired) electrons. The molecule has 0 unspecified atom stereocenters. The zero-order valence-electron chi connectivity index (χ0n) is 15.8. The van der Waals surface area contributed by atoms with Gasteiger partial charge in [-0.05, 0) is 64.6 Å². The van der Waals surface area contributed by atoms with E-state index in [-0.39, 0.29) is 34.4 Å². The van der Waals surface area contributed by atoms with Crippen molar-refractivity contribution in [2.75, 3.05) is 35.3 Å². The molecule has 146 valence electrons. The maximum atomic E-state index is 13.2. The maximum Gasteiger partial charge on any atom is 0.127 e. The van der Waals surface area contributed by atoms with Crippen LogP contribution in [0.4, 0.5) is 8.78 Å². The third-order valence-electron chi connectivity index (χ3n) is 3.26. The van der Waals surface area contributed by atoms with Crippen molar-refractivity contribution in [1.82, 2.24) is 9.80 Å². The lowest BCUT2D eigenvalue weighted by Crippen LogP contribution is -2.11. The molecule has 0 saturated carbocycles. The van der Waals surface area contributed by atoms with E-state index in [0.717, 1.165) is 0 Å². The predicted molar refractivity (Wildman–Crippen MR) is 106 cm³/mol. The molecule has 1 N–H and O–H groups in total.